The molecule has 5 aromatic rings. The third-order valence-electron chi connectivity index (χ3n) is 9.44. The van der Waals surface area contributed by atoms with Crippen LogP contribution in [0.2, 0.25) is 10.0 Å². The van der Waals surface area contributed by atoms with Gasteiger partial charge in [-0.1, -0.05) is 77.8 Å². The third kappa shape index (κ3) is 8.19. The third-order valence-corrected chi connectivity index (χ3v) is 10.2. The molecular formula is C42H34Cl2N4O6. The first-order valence-electron chi connectivity index (χ1n) is 17.2. The number of anilines is 1. The van der Waals surface area contributed by atoms with Crippen LogP contribution in [0.4, 0.5) is 5.69 Å². The highest BCUT2D eigenvalue weighted by Crippen LogP contribution is 2.38. The van der Waals surface area contributed by atoms with Gasteiger partial charge in [0.25, 0.3) is 5.91 Å². The molecule has 2 amide bonds. The van der Waals surface area contributed by atoms with E-state index in [-0.39, 0.29) is 18.2 Å². The summed E-state index contributed by atoms with van der Waals surface area (Å²) in [5, 5.41) is 19.1. The Bertz CT molecular complexity index is 2260. The Kier molecular flexibility index (Phi) is 10.8. The summed E-state index contributed by atoms with van der Waals surface area (Å²) < 4.78 is 17.1. The number of halogens is 2. The SMILES string of the molecule is COC(=O)[C@H](Cc1ccc(-c2ccc(C#N)cc2)cc1)NC(=O)[C@@H]1Cc2cc3c(cc2CN1)OC(c1ccc(OCc2ccc(Cl)c(Cl)c2)cc1)C(=O)N3. The van der Waals surface area contributed by atoms with Crippen molar-refractivity contribution < 1.29 is 28.6 Å². The van der Waals surface area contributed by atoms with E-state index in [1.165, 1.54) is 7.11 Å². The van der Waals surface area contributed by atoms with Crippen molar-refractivity contribution in [3.8, 4) is 28.7 Å². The molecule has 3 N–H and O–H groups in total. The number of fused-ring (bicyclic) bond motifs is 2. The molecule has 0 bridgehead atoms. The molecule has 1 unspecified atom stereocenters. The first-order valence-corrected chi connectivity index (χ1v) is 17.9. The molecular weight excluding hydrogens is 727 g/mol. The van der Waals surface area contributed by atoms with Crippen LogP contribution < -0.4 is 25.4 Å². The van der Waals surface area contributed by atoms with Crippen molar-refractivity contribution in [1.29, 1.82) is 5.26 Å². The number of methoxy groups -OCH3 is 1. The summed E-state index contributed by atoms with van der Waals surface area (Å²) in [6, 6.07) is 31.7. The second-order valence-corrected chi connectivity index (χ2v) is 13.8. The summed E-state index contributed by atoms with van der Waals surface area (Å²) >= 11 is 12.1. The lowest BCUT2D eigenvalue weighted by Crippen LogP contribution is -2.53. The number of hydrogen-bond donors (Lipinski definition) is 3. The molecule has 0 saturated heterocycles. The van der Waals surface area contributed by atoms with Gasteiger partial charge in [0.1, 0.15) is 24.1 Å². The van der Waals surface area contributed by atoms with E-state index in [0.29, 0.717) is 57.9 Å². The number of carbonyl (C=O) groups is 3. The molecule has 10 nitrogen and oxygen atoms in total. The highest BCUT2D eigenvalue weighted by atomic mass is 35.5. The molecule has 5 aromatic carbocycles. The summed E-state index contributed by atoms with van der Waals surface area (Å²) in [6.07, 6.45) is -0.288. The van der Waals surface area contributed by atoms with Crippen LogP contribution in [0.1, 0.15) is 39.5 Å². The summed E-state index contributed by atoms with van der Waals surface area (Å²) in [7, 11) is 1.29. The van der Waals surface area contributed by atoms with Gasteiger partial charge in [0.15, 0.2) is 0 Å². The first-order chi connectivity index (χ1) is 26.2. The maximum absolute atomic E-state index is 13.5. The molecule has 0 fully saturated rings. The van der Waals surface area contributed by atoms with Crippen molar-refractivity contribution in [3.63, 3.8) is 0 Å². The molecule has 0 aromatic heterocycles. The van der Waals surface area contributed by atoms with Gasteiger partial charge >= 0.3 is 5.97 Å². The molecule has 0 saturated carbocycles. The predicted molar refractivity (Wildman–Crippen MR) is 204 cm³/mol. The Labute approximate surface area is 322 Å². The van der Waals surface area contributed by atoms with Crippen molar-refractivity contribution in [2.75, 3.05) is 12.4 Å². The van der Waals surface area contributed by atoms with E-state index in [1.807, 2.05) is 54.6 Å². The number of nitrogens with zero attached hydrogens (tertiary/aromatic N) is 1. The number of nitriles is 1. The molecule has 3 atom stereocenters. The fourth-order valence-corrected chi connectivity index (χ4v) is 6.80. The lowest BCUT2D eigenvalue weighted by Gasteiger charge is -2.31. The van der Waals surface area contributed by atoms with Gasteiger partial charge in [-0.25, -0.2) is 4.79 Å². The van der Waals surface area contributed by atoms with Crippen LogP contribution in [0, 0.1) is 11.3 Å². The molecule has 0 aliphatic carbocycles. The number of amides is 2. The lowest BCUT2D eigenvalue weighted by atomic mass is 9.93. The molecule has 2 heterocycles. The van der Waals surface area contributed by atoms with Gasteiger partial charge in [-0.05, 0) is 88.3 Å². The highest BCUT2D eigenvalue weighted by Gasteiger charge is 2.33. The van der Waals surface area contributed by atoms with Crippen molar-refractivity contribution in [2.45, 2.75) is 44.2 Å². The van der Waals surface area contributed by atoms with Gasteiger partial charge < -0.3 is 30.2 Å². The van der Waals surface area contributed by atoms with Crippen LogP contribution in [-0.2, 0) is 45.1 Å². The average Bonchev–Trinajstić information content (AvgIpc) is 3.20. The summed E-state index contributed by atoms with van der Waals surface area (Å²) in [6.45, 7) is 0.683. The van der Waals surface area contributed by atoms with Crippen molar-refractivity contribution in [2.24, 2.45) is 0 Å². The minimum absolute atomic E-state index is 0.238. The Morgan fingerprint density at radius 2 is 1.61 bits per heavy atom. The Hall–Kier alpha value is -5.86. The van der Waals surface area contributed by atoms with E-state index in [0.717, 1.165) is 33.4 Å². The number of rotatable bonds is 10. The molecule has 54 heavy (non-hydrogen) atoms. The number of benzene rings is 5. The Morgan fingerprint density at radius 3 is 2.30 bits per heavy atom. The zero-order valence-electron chi connectivity index (χ0n) is 29.0. The normalized spacial score (nSPS) is 16.4. The van der Waals surface area contributed by atoms with Gasteiger partial charge in [-0.2, -0.15) is 5.26 Å². The van der Waals surface area contributed by atoms with Gasteiger partial charge in [0.2, 0.25) is 12.0 Å². The fraction of sp³-hybridized carbons (Fsp3) is 0.190. The maximum atomic E-state index is 13.5. The predicted octanol–water partition coefficient (Wildman–Crippen LogP) is 7.10. The molecule has 272 valence electrons. The van der Waals surface area contributed by atoms with Gasteiger partial charge in [-0.15, -0.1) is 0 Å². The standard InChI is InChI=1S/C42H34Cl2N4O6/c1-52-42(51)37(17-24-2-7-27(8-3-24)28-9-4-25(21-45)5-10-28)48-40(49)36-19-30-18-35-38(20-31(30)22-46-36)54-39(41(50)47-35)29-11-13-32(14-12-29)53-23-26-6-15-33(43)34(44)16-26/h2-16,18,20,36-37,39,46H,17,19,22-23H2,1H3,(H,47,50)(H,48,49)/t36-,37-,39?/m0/s1. The zero-order chi connectivity index (χ0) is 37.8. The quantitative estimate of drug-likeness (QED) is 0.128. The molecule has 2 aliphatic heterocycles. The van der Waals surface area contributed by atoms with Crippen LogP contribution in [0.15, 0.2) is 103 Å². The van der Waals surface area contributed by atoms with Gasteiger partial charge in [0.05, 0.1) is 40.5 Å². The van der Waals surface area contributed by atoms with E-state index in [1.54, 1.807) is 48.5 Å². The Morgan fingerprint density at radius 1 is 0.907 bits per heavy atom. The molecule has 0 radical (unpaired) electrons. The molecule has 2 aliphatic rings. The smallest absolute Gasteiger partial charge is 0.328 e. The summed E-state index contributed by atoms with van der Waals surface area (Å²) in [4.78, 5) is 39.5. The van der Waals surface area contributed by atoms with Crippen LogP contribution >= 0.6 is 23.2 Å². The van der Waals surface area contributed by atoms with Gasteiger partial charge in [-0.3, -0.25) is 9.59 Å². The molecule has 12 heteroatoms. The van der Waals surface area contributed by atoms with Crippen molar-refractivity contribution in [3.05, 3.63) is 147 Å². The van der Waals surface area contributed by atoms with E-state index >= 15 is 0 Å². The fourth-order valence-electron chi connectivity index (χ4n) is 6.47. The first kappa shape index (κ1) is 36.5. The summed E-state index contributed by atoms with van der Waals surface area (Å²) in [5.41, 5.74) is 7.22. The second kappa shape index (κ2) is 16.0. The van der Waals surface area contributed by atoms with Crippen LogP contribution in [0.3, 0.4) is 0 Å². The molecule has 7 rings (SSSR count). The van der Waals surface area contributed by atoms with Crippen molar-refractivity contribution in [1.82, 2.24) is 10.6 Å². The molecule has 0 spiro atoms. The minimum Gasteiger partial charge on any atom is -0.489 e. The van der Waals surface area contributed by atoms with Crippen LogP contribution in [0.25, 0.3) is 11.1 Å². The second-order valence-electron chi connectivity index (χ2n) is 13.0. The Balaban J connectivity index is 0.969. The number of ether oxygens (including phenoxy) is 3. The van der Waals surface area contributed by atoms with Crippen LogP contribution in [-0.4, -0.2) is 37.0 Å². The van der Waals surface area contributed by atoms with Crippen molar-refractivity contribution >= 4 is 46.7 Å². The van der Waals surface area contributed by atoms with Gasteiger partial charge in [0, 0.05) is 18.5 Å². The zero-order valence-corrected chi connectivity index (χ0v) is 30.5. The topological polar surface area (TPSA) is 139 Å². The monoisotopic (exact) mass is 760 g/mol. The maximum Gasteiger partial charge on any atom is 0.328 e. The lowest BCUT2D eigenvalue weighted by molar-refractivity contribution is -0.145. The largest absolute Gasteiger partial charge is 0.489 e. The van der Waals surface area contributed by atoms with Crippen LogP contribution in [0.5, 0.6) is 11.5 Å². The van der Waals surface area contributed by atoms with E-state index in [9.17, 15) is 14.4 Å². The minimum atomic E-state index is -0.900. The highest BCUT2D eigenvalue weighted by molar-refractivity contribution is 6.42. The number of esters is 1. The summed E-state index contributed by atoms with van der Waals surface area (Å²) in [5.74, 6) is -0.0646. The number of hydrogen-bond acceptors (Lipinski definition) is 8. The van der Waals surface area contributed by atoms with E-state index in [4.69, 9.17) is 42.7 Å². The number of nitrogens with one attached hydrogen (secondary N) is 3. The van der Waals surface area contributed by atoms with E-state index in [2.05, 4.69) is 22.0 Å². The number of carbonyl (C=O) groups excluding carboxylic acids is 3. The average molecular weight is 762 g/mol. The van der Waals surface area contributed by atoms with E-state index < -0.39 is 24.2 Å².